The molecule has 0 fully saturated rings. The van der Waals surface area contributed by atoms with Crippen molar-refractivity contribution in [3.63, 3.8) is 0 Å². The van der Waals surface area contributed by atoms with Crippen LogP contribution in [-0.4, -0.2) is 24.1 Å². The van der Waals surface area contributed by atoms with Crippen molar-refractivity contribution < 1.29 is 4.74 Å². The fourth-order valence-corrected chi connectivity index (χ4v) is 1.99. The summed E-state index contributed by atoms with van der Waals surface area (Å²) in [4.78, 5) is 4.06. The summed E-state index contributed by atoms with van der Waals surface area (Å²) in [5, 5.41) is 12.9. The molecular weight excluding hydrogens is 252 g/mol. The number of aliphatic imine (C=N–C) groups is 1. The van der Waals surface area contributed by atoms with Crippen LogP contribution >= 0.6 is 24.0 Å². The molecule has 1 rings (SSSR count). The standard InChI is InChI=1S/C12H12N2OS2/c1-15-12-4-2-10(3-5-12)6-11(14-9-16)7-17-8-13/h2-5,11H,6-7H2,1H3. The van der Waals surface area contributed by atoms with E-state index in [1.54, 1.807) is 7.11 Å². The lowest BCUT2D eigenvalue weighted by Crippen LogP contribution is -2.11. The van der Waals surface area contributed by atoms with Gasteiger partial charge in [-0.1, -0.05) is 12.1 Å². The van der Waals surface area contributed by atoms with Gasteiger partial charge in [0.1, 0.15) is 11.2 Å². The molecule has 0 aliphatic rings. The molecule has 0 saturated carbocycles. The topological polar surface area (TPSA) is 45.4 Å². The third-order valence-electron chi connectivity index (χ3n) is 2.21. The van der Waals surface area contributed by atoms with Crippen LogP contribution in [-0.2, 0) is 6.42 Å². The number of thiocyanates is 1. The van der Waals surface area contributed by atoms with Gasteiger partial charge in [-0.05, 0) is 48.1 Å². The molecular formula is C12H12N2OS2. The molecule has 0 bridgehead atoms. The van der Waals surface area contributed by atoms with Gasteiger partial charge >= 0.3 is 0 Å². The average Bonchev–Trinajstić information content (AvgIpc) is 2.37. The molecule has 1 aromatic carbocycles. The summed E-state index contributed by atoms with van der Waals surface area (Å²) in [7, 11) is 1.64. The summed E-state index contributed by atoms with van der Waals surface area (Å²) in [6.07, 6.45) is 0.752. The molecule has 0 spiro atoms. The molecule has 5 heteroatoms. The van der Waals surface area contributed by atoms with Gasteiger partial charge in [-0.15, -0.1) is 0 Å². The third-order valence-corrected chi connectivity index (χ3v) is 2.99. The number of rotatable bonds is 6. The van der Waals surface area contributed by atoms with E-state index >= 15 is 0 Å². The molecule has 0 aliphatic heterocycles. The van der Waals surface area contributed by atoms with Gasteiger partial charge in [0, 0.05) is 5.75 Å². The Labute approximate surface area is 111 Å². The number of nitrogens with zero attached hydrogens (tertiary/aromatic N) is 2. The third kappa shape index (κ3) is 5.01. The highest BCUT2D eigenvalue weighted by Gasteiger charge is 2.08. The molecule has 1 aromatic rings. The smallest absolute Gasteiger partial charge is 0.133 e. The zero-order valence-corrected chi connectivity index (χ0v) is 11.1. The van der Waals surface area contributed by atoms with E-state index in [1.807, 2.05) is 29.7 Å². The Hall–Kier alpha value is -1.34. The maximum Gasteiger partial charge on any atom is 0.133 e. The molecule has 0 saturated heterocycles. The zero-order valence-electron chi connectivity index (χ0n) is 9.42. The predicted octanol–water partition coefficient (Wildman–Crippen LogP) is 2.92. The number of benzene rings is 1. The first kappa shape index (κ1) is 13.7. The van der Waals surface area contributed by atoms with Crippen LogP contribution in [0.4, 0.5) is 0 Å². The van der Waals surface area contributed by atoms with Gasteiger partial charge in [0.25, 0.3) is 0 Å². The summed E-state index contributed by atoms with van der Waals surface area (Å²) >= 11 is 5.79. The minimum atomic E-state index is 0.00513. The van der Waals surface area contributed by atoms with Gasteiger partial charge in [-0.25, -0.2) is 4.99 Å². The van der Waals surface area contributed by atoms with Gasteiger partial charge in [0.15, 0.2) is 0 Å². The average molecular weight is 264 g/mol. The number of thioether (sulfide) groups is 1. The van der Waals surface area contributed by atoms with Crippen molar-refractivity contribution in [2.75, 3.05) is 12.9 Å². The van der Waals surface area contributed by atoms with Crippen molar-refractivity contribution in [3.05, 3.63) is 29.8 Å². The monoisotopic (exact) mass is 264 g/mol. The van der Waals surface area contributed by atoms with E-state index in [0.717, 1.165) is 17.7 Å². The molecule has 1 atom stereocenters. The van der Waals surface area contributed by atoms with Crippen molar-refractivity contribution >= 4 is 29.1 Å². The highest BCUT2D eigenvalue weighted by molar-refractivity contribution is 8.03. The summed E-state index contributed by atoms with van der Waals surface area (Å²) in [6.45, 7) is 0. The van der Waals surface area contributed by atoms with Crippen molar-refractivity contribution in [2.45, 2.75) is 12.5 Å². The van der Waals surface area contributed by atoms with Gasteiger partial charge in [0.2, 0.25) is 0 Å². The van der Waals surface area contributed by atoms with E-state index in [-0.39, 0.29) is 6.04 Å². The number of isothiocyanates is 1. The number of methoxy groups -OCH3 is 1. The van der Waals surface area contributed by atoms with Crippen molar-refractivity contribution in [2.24, 2.45) is 4.99 Å². The second kappa shape index (κ2) is 7.86. The Morgan fingerprint density at radius 2 is 2.18 bits per heavy atom. The van der Waals surface area contributed by atoms with Crippen LogP contribution < -0.4 is 4.74 Å². The van der Waals surface area contributed by atoms with Crippen molar-refractivity contribution in [1.82, 2.24) is 0 Å². The highest BCUT2D eigenvalue weighted by Crippen LogP contribution is 2.15. The number of hydrogen-bond acceptors (Lipinski definition) is 5. The summed E-state index contributed by atoms with van der Waals surface area (Å²) in [5.74, 6) is 1.46. The molecule has 88 valence electrons. The van der Waals surface area contributed by atoms with Crippen LogP contribution in [0.25, 0.3) is 0 Å². The Morgan fingerprint density at radius 1 is 1.47 bits per heavy atom. The lowest BCUT2D eigenvalue weighted by atomic mass is 10.1. The Bertz CT molecular complexity index is 433. The van der Waals surface area contributed by atoms with E-state index in [9.17, 15) is 0 Å². The fourth-order valence-electron chi connectivity index (χ4n) is 1.38. The minimum Gasteiger partial charge on any atom is -0.497 e. The van der Waals surface area contributed by atoms with Gasteiger partial charge in [-0.2, -0.15) is 5.26 Å². The molecule has 0 radical (unpaired) electrons. The molecule has 1 unspecified atom stereocenters. The van der Waals surface area contributed by atoms with E-state index in [1.165, 1.54) is 11.8 Å². The maximum atomic E-state index is 8.53. The van der Waals surface area contributed by atoms with Crippen molar-refractivity contribution in [3.8, 4) is 11.2 Å². The second-order valence-corrected chi connectivity index (χ2v) is 4.32. The normalized spacial score (nSPS) is 11.1. The van der Waals surface area contributed by atoms with E-state index in [2.05, 4.69) is 22.4 Å². The maximum absolute atomic E-state index is 8.53. The van der Waals surface area contributed by atoms with Gasteiger partial charge in [0.05, 0.1) is 18.3 Å². The summed E-state index contributed by atoms with van der Waals surface area (Å²) < 4.78 is 5.09. The van der Waals surface area contributed by atoms with E-state index in [0.29, 0.717) is 5.75 Å². The number of ether oxygens (including phenoxy) is 1. The quantitative estimate of drug-likeness (QED) is 0.450. The molecule has 0 aromatic heterocycles. The zero-order chi connectivity index (χ0) is 12.5. The molecule has 0 aliphatic carbocycles. The summed E-state index contributed by atoms with van der Waals surface area (Å²) in [6, 6.07) is 7.80. The first-order valence-electron chi connectivity index (χ1n) is 5.01. The first-order valence-corrected chi connectivity index (χ1v) is 6.40. The fraction of sp³-hybridized carbons (Fsp3) is 0.333. The SMILES string of the molecule is COc1ccc(CC(CSC#N)N=C=S)cc1. The Balaban J connectivity index is 2.65. The molecule has 0 heterocycles. The van der Waals surface area contributed by atoms with Crippen LogP contribution in [0.1, 0.15) is 5.56 Å². The van der Waals surface area contributed by atoms with Gasteiger partial charge in [-0.3, -0.25) is 0 Å². The summed E-state index contributed by atoms with van der Waals surface area (Å²) in [5.41, 5.74) is 1.14. The van der Waals surface area contributed by atoms with Crippen LogP contribution in [0, 0.1) is 10.7 Å². The minimum absolute atomic E-state index is 0.00513. The second-order valence-electron chi connectivity index (χ2n) is 3.33. The van der Waals surface area contributed by atoms with Crippen LogP contribution in [0.2, 0.25) is 0 Å². The lowest BCUT2D eigenvalue weighted by molar-refractivity contribution is 0.414. The van der Waals surface area contributed by atoms with Crippen molar-refractivity contribution in [1.29, 1.82) is 5.26 Å². The first-order chi connectivity index (χ1) is 8.30. The molecule has 0 N–H and O–H groups in total. The number of hydrogen-bond donors (Lipinski definition) is 0. The number of nitriles is 1. The van der Waals surface area contributed by atoms with Gasteiger partial charge < -0.3 is 4.74 Å². The lowest BCUT2D eigenvalue weighted by Gasteiger charge is -2.09. The Morgan fingerprint density at radius 3 is 2.71 bits per heavy atom. The van der Waals surface area contributed by atoms with Crippen LogP contribution in [0.15, 0.2) is 29.3 Å². The predicted molar refractivity (Wildman–Crippen MR) is 73.6 cm³/mol. The van der Waals surface area contributed by atoms with Crippen LogP contribution in [0.5, 0.6) is 5.75 Å². The van der Waals surface area contributed by atoms with Crippen LogP contribution in [0.3, 0.4) is 0 Å². The largest absolute Gasteiger partial charge is 0.497 e. The molecule has 0 amide bonds. The van der Waals surface area contributed by atoms with E-state index in [4.69, 9.17) is 10.00 Å². The molecule has 3 nitrogen and oxygen atoms in total. The van der Waals surface area contributed by atoms with E-state index < -0.39 is 0 Å². The molecule has 17 heavy (non-hydrogen) atoms. The highest BCUT2D eigenvalue weighted by atomic mass is 32.2. The number of thiocarbonyl (C=S) groups is 1. The Kier molecular flexibility index (Phi) is 6.34.